The predicted molar refractivity (Wildman–Crippen MR) is 115 cm³/mol. The molecule has 1 saturated carbocycles. The van der Waals surface area contributed by atoms with Crippen molar-refractivity contribution in [2.75, 3.05) is 25.5 Å². The molecular formula is C21H22N8OS. The number of aromatic nitrogens is 5. The summed E-state index contributed by atoms with van der Waals surface area (Å²) in [5.41, 5.74) is 3.02. The average Bonchev–Trinajstić information content (AvgIpc) is 3.29. The number of carbonyl (C=O) groups is 1. The van der Waals surface area contributed by atoms with Gasteiger partial charge in [-0.25, -0.2) is 4.98 Å². The molecule has 0 bridgehead atoms. The van der Waals surface area contributed by atoms with E-state index in [9.17, 15) is 10.1 Å². The Hall–Kier alpha value is -3.16. The number of nitriles is 1. The van der Waals surface area contributed by atoms with Crippen molar-refractivity contribution in [1.82, 2.24) is 29.3 Å². The number of rotatable bonds is 5. The van der Waals surface area contributed by atoms with E-state index in [4.69, 9.17) is 4.37 Å². The molecule has 1 aliphatic carbocycles. The normalized spacial score (nSPS) is 17.4. The van der Waals surface area contributed by atoms with Gasteiger partial charge in [-0.2, -0.15) is 19.8 Å². The number of hydrogen-bond donors (Lipinski definition) is 1. The number of hydrogen-bond acceptors (Lipinski definition) is 8. The van der Waals surface area contributed by atoms with Crippen molar-refractivity contribution in [3.8, 4) is 11.9 Å². The molecular weight excluding hydrogens is 412 g/mol. The maximum absolute atomic E-state index is 13.1. The molecule has 10 heteroatoms. The topological polar surface area (TPSA) is 113 Å². The summed E-state index contributed by atoms with van der Waals surface area (Å²) in [4.78, 5) is 21.7. The van der Waals surface area contributed by atoms with Crippen LogP contribution in [0.1, 0.15) is 64.0 Å². The average molecular weight is 435 g/mol. The second-order valence-electron chi connectivity index (χ2n) is 8.14. The van der Waals surface area contributed by atoms with Crippen LogP contribution in [0, 0.1) is 11.3 Å². The second kappa shape index (κ2) is 8.17. The van der Waals surface area contributed by atoms with Crippen LogP contribution in [0.5, 0.6) is 0 Å². The van der Waals surface area contributed by atoms with Crippen molar-refractivity contribution in [2.24, 2.45) is 0 Å². The largest absolute Gasteiger partial charge is 0.320 e. The smallest absolute Gasteiger partial charge is 0.267 e. The van der Waals surface area contributed by atoms with Crippen LogP contribution in [0.15, 0.2) is 24.7 Å². The minimum Gasteiger partial charge on any atom is -0.320 e. The summed E-state index contributed by atoms with van der Waals surface area (Å²) in [7, 11) is 2.15. The highest BCUT2D eigenvalue weighted by molar-refractivity contribution is 7.08. The number of likely N-dealkylation sites (tertiary alicyclic amines) is 1. The van der Waals surface area contributed by atoms with Crippen molar-refractivity contribution in [3.05, 3.63) is 46.4 Å². The van der Waals surface area contributed by atoms with Gasteiger partial charge in [0.15, 0.2) is 5.82 Å². The molecule has 2 fully saturated rings. The molecule has 2 aliphatic rings. The molecule has 9 nitrogen and oxygen atoms in total. The number of carbonyl (C=O) groups excluding carboxylic acids is 1. The van der Waals surface area contributed by atoms with Crippen LogP contribution in [0.4, 0.5) is 5.69 Å². The summed E-state index contributed by atoms with van der Waals surface area (Å²) in [6, 6.07) is 3.70. The van der Waals surface area contributed by atoms with E-state index >= 15 is 0 Å². The Kier molecular flexibility index (Phi) is 5.21. The minimum atomic E-state index is -0.186. The van der Waals surface area contributed by atoms with E-state index in [0.717, 1.165) is 50.0 Å². The highest BCUT2D eigenvalue weighted by Gasteiger charge is 2.36. The van der Waals surface area contributed by atoms with Crippen molar-refractivity contribution in [3.63, 3.8) is 0 Å². The molecule has 1 N–H and O–H groups in total. The molecule has 0 atom stereocenters. The molecule has 0 spiro atoms. The Morgan fingerprint density at radius 3 is 2.61 bits per heavy atom. The minimum absolute atomic E-state index is 0.186. The highest BCUT2D eigenvalue weighted by Crippen LogP contribution is 2.47. The summed E-state index contributed by atoms with van der Waals surface area (Å²) in [5, 5.41) is 20.4. The van der Waals surface area contributed by atoms with Gasteiger partial charge in [0.1, 0.15) is 16.5 Å². The molecule has 0 unspecified atom stereocenters. The Morgan fingerprint density at radius 1 is 1.19 bits per heavy atom. The molecule has 3 aromatic heterocycles. The Bertz CT molecular complexity index is 1140. The van der Waals surface area contributed by atoms with Crippen molar-refractivity contribution in [2.45, 2.75) is 37.5 Å². The fourth-order valence-corrected chi connectivity index (χ4v) is 5.04. The highest BCUT2D eigenvalue weighted by atomic mass is 32.1. The molecule has 31 heavy (non-hydrogen) atoms. The molecule has 0 aromatic carbocycles. The molecule has 1 amide bonds. The molecule has 158 valence electrons. The van der Waals surface area contributed by atoms with E-state index in [0.29, 0.717) is 28.2 Å². The summed E-state index contributed by atoms with van der Waals surface area (Å²) < 4.78 is 4.74. The molecule has 5 rings (SSSR count). The van der Waals surface area contributed by atoms with Crippen LogP contribution in [0.3, 0.4) is 0 Å². The maximum atomic E-state index is 13.1. The van der Waals surface area contributed by atoms with Crippen LogP contribution in [-0.4, -0.2) is 55.3 Å². The quantitative estimate of drug-likeness (QED) is 0.657. The number of nitrogens with zero attached hydrogens (tertiary/aromatic N) is 7. The lowest BCUT2D eigenvalue weighted by atomic mass is 9.89. The zero-order valence-corrected chi connectivity index (χ0v) is 18.0. The zero-order valence-electron chi connectivity index (χ0n) is 17.2. The van der Waals surface area contributed by atoms with E-state index in [1.807, 2.05) is 0 Å². The lowest BCUT2D eigenvalue weighted by Crippen LogP contribution is -2.29. The summed E-state index contributed by atoms with van der Waals surface area (Å²) in [6.45, 7) is 2.13. The van der Waals surface area contributed by atoms with E-state index < -0.39 is 0 Å². The van der Waals surface area contributed by atoms with Gasteiger partial charge < -0.3 is 10.2 Å². The van der Waals surface area contributed by atoms with Gasteiger partial charge in [0.25, 0.3) is 5.91 Å². The third kappa shape index (κ3) is 3.94. The first-order chi connectivity index (χ1) is 15.1. The fraction of sp³-hybridized carbons (Fsp3) is 0.429. The third-order valence-electron chi connectivity index (χ3n) is 5.91. The number of anilines is 1. The predicted octanol–water partition coefficient (Wildman–Crippen LogP) is 2.93. The molecule has 1 saturated heterocycles. The van der Waals surface area contributed by atoms with Gasteiger partial charge in [-0.05, 0) is 69.3 Å². The van der Waals surface area contributed by atoms with Crippen LogP contribution in [-0.2, 0) is 0 Å². The lowest BCUT2D eigenvalue weighted by molar-refractivity contribution is 0.102. The summed E-state index contributed by atoms with van der Waals surface area (Å²) in [6.07, 6.45) is 8.95. The van der Waals surface area contributed by atoms with Crippen molar-refractivity contribution >= 4 is 23.1 Å². The van der Waals surface area contributed by atoms with Gasteiger partial charge in [-0.15, -0.1) is 4.80 Å². The van der Waals surface area contributed by atoms with E-state index in [2.05, 4.69) is 38.5 Å². The van der Waals surface area contributed by atoms with E-state index in [1.165, 1.54) is 34.9 Å². The van der Waals surface area contributed by atoms with Crippen LogP contribution < -0.4 is 5.32 Å². The third-order valence-corrected chi connectivity index (χ3v) is 6.78. The standard InChI is InChI=1S/C21H22N8OS/c1-28-8-4-14(5-9-28)18-17(13-2-3-13)19(31-27-18)21(30)26-16-10-15(11-22)20(23-12-16)29-24-6-7-25-29/h6-7,10,12-14H,2-5,8-9H2,1H3,(H,26,30). The van der Waals surface area contributed by atoms with E-state index in [-0.39, 0.29) is 11.5 Å². The van der Waals surface area contributed by atoms with Gasteiger partial charge >= 0.3 is 0 Å². The first kappa shape index (κ1) is 19.8. The van der Waals surface area contributed by atoms with Gasteiger partial charge in [0, 0.05) is 11.5 Å². The number of nitrogens with one attached hydrogen (secondary N) is 1. The number of piperidine rings is 1. The first-order valence-electron chi connectivity index (χ1n) is 10.4. The monoisotopic (exact) mass is 434 g/mol. The first-order valence-corrected chi connectivity index (χ1v) is 11.2. The van der Waals surface area contributed by atoms with Crippen molar-refractivity contribution in [1.29, 1.82) is 5.26 Å². The maximum Gasteiger partial charge on any atom is 0.267 e. The lowest BCUT2D eigenvalue weighted by Gasteiger charge is -2.28. The zero-order chi connectivity index (χ0) is 21.4. The molecule has 4 heterocycles. The Balaban J connectivity index is 1.39. The van der Waals surface area contributed by atoms with Crippen LogP contribution >= 0.6 is 11.5 Å². The Labute approximate surface area is 183 Å². The summed E-state index contributed by atoms with van der Waals surface area (Å²) >= 11 is 1.29. The van der Waals surface area contributed by atoms with Crippen LogP contribution in [0.25, 0.3) is 5.82 Å². The van der Waals surface area contributed by atoms with Crippen molar-refractivity contribution < 1.29 is 4.79 Å². The molecule has 1 aliphatic heterocycles. The van der Waals surface area contributed by atoms with Crippen LogP contribution in [0.2, 0.25) is 0 Å². The van der Waals surface area contributed by atoms with Gasteiger partial charge in [0.05, 0.1) is 30.0 Å². The second-order valence-corrected chi connectivity index (χ2v) is 8.92. The number of pyridine rings is 1. The SMILES string of the molecule is CN1CCC(c2nsc(C(=O)Nc3cnc(-n4nccn4)c(C#N)c3)c2C2CC2)CC1. The number of amides is 1. The molecule has 3 aromatic rings. The Morgan fingerprint density at radius 2 is 1.94 bits per heavy atom. The molecule has 0 radical (unpaired) electrons. The van der Waals surface area contributed by atoms with Gasteiger partial charge in [-0.3, -0.25) is 4.79 Å². The van der Waals surface area contributed by atoms with E-state index in [1.54, 1.807) is 6.07 Å². The fourth-order valence-electron chi connectivity index (χ4n) is 4.10. The van der Waals surface area contributed by atoms with Gasteiger partial charge in [0.2, 0.25) is 0 Å². The van der Waals surface area contributed by atoms with Gasteiger partial charge in [-0.1, -0.05) is 0 Å². The summed E-state index contributed by atoms with van der Waals surface area (Å²) in [5.74, 6) is 1.01.